The molecule has 0 spiro atoms. The van der Waals surface area contributed by atoms with Crippen LogP contribution < -0.4 is 14.9 Å². The van der Waals surface area contributed by atoms with Crippen LogP contribution in [0.15, 0.2) is 69.9 Å². The Bertz CT molecular complexity index is 2120. The lowest BCUT2D eigenvalue weighted by molar-refractivity contribution is -0.358. The number of aliphatic hydroxyl groups excluding tert-OH is 6. The summed E-state index contributed by atoms with van der Waals surface area (Å²) >= 11 is 0. The Morgan fingerprint density at radius 1 is 0.786 bits per heavy atom. The molecule has 4 aromatic rings. The number of phenols is 4. The first-order valence-corrected chi connectivity index (χ1v) is 16.9. The van der Waals surface area contributed by atoms with Crippen molar-refractivity contribution in [1.29, 1.82) is 0 Å². The van der Waals surface area contributed by atoms with Gasteiger partial charge < -0.3 is 83.9 Å². The number of hydrogen-bond donors (Lipinski definition) is 10. The molecule has 1 aromatic heterocycles. The fraction of sp³-hybridized carbons (Fsp3) is 0.351. The number of hydrogen-bond acceptors (Lipinski definition) is 19. The third-order valence-corrected chi connectivity index (χ3v) is 9.07. The second-order valence-electron chi connectivity index (χ2n) is 12.8. The van der Waals surface area contributed by atoms with Crippen molar-refractivity contribution in [2.24, 2.45) is 0 Å². The summed E-state index contributed by atoms with van der Waals surface area (Å²) in [4.78, 5) is 26.5. The van der Waals surface area contributed by atoms with Gasteiger partial charge in [0.25, 0.3) is 0 Å². The quantitative estimate of drug-likeness (QED) is 0.0680. The average molecular weight is 787 g/mol. The Balaban J connectivity index is 1.28. The van der Waals surface area contributed by atoms with Gasteiger partial charge in [-0.25, -0.2) is 4.79 Å². The zero-order valence-electron chi connectivity index (χ0n) is 29.2. The molecule has 3 aromatic carbocycles. The highest BCUT2D eigenvalue weighted by molar-refractivity contribution is 5.88. The topological polar surface area (TPSA) is 305 Å². The van der Waals surface area contributed by atoms with Crippen molar-refractivity contribution in [2.45, 2.75) is 61.4 Å². The molecule has 2 aliphatic heterocycles. The average Bonchev–Trinajstić information content (AvgIpc) is 3.17. The molecule has 2 aliphatic rings. The first-order valence-electron chi connectivity index (χ1n) is 16.9. The summed E-state index contributed by atoms with van der Waals surface area (Å²) in [5.41, 5.74) is -0.767. The summed E-state index contributed by atoms with van der Waals surface area (Å²) in [7, 11) is 1.36. The van der Waals surface area contributed by atoms with Crippen LogP contribution in [0, 0.1) is 0 Å². The van der Waals surface area contributed by atoms with Crippen LogP contribution in [-0.4, -0.2) is 139 Å². The van der Waals surface area contributed by atoms with Crippen molar-refractivity contribution in [3.8, 4) is 45.8 Å². The van der Waals surface area contributed by atoms with Crippen molar-refractivity contribution in [3.63, 3.8) is 0 Å². The molecular weight excluding hydrogens is 748 g/mol. The number of benzene rings is 3. The Hall–Kier alpha value is -5.48. The lowest BCUT2D eigenvalue weighted by Crippen LogP contribution is -2.65. The molecule has 2 fully saturated rings. The van der Waals surface area contributed by atoms with E-state index >= 15 is 0 Å². The van der Waals surface area contributed by atoms with Gasteiger partial charge in [-0.3, -0.25) is 4.79 Å². The third-order valence-electron chi connectivity index (χ3n) is 9.07. The molecule has 19 heteroatoms. The maximum atomic E-state index is 13.9. The molecule has 19 nitrogen and oxygen atoms in total. The molecule has 0 aliphatic carbocycles. The number of ether oxygens (including phenoxy) is 6. The molecule has 2 saturated heterocycles. The van der Waals surface area contributed by atoms with Crippen molar-refractivity contribution in [2.75, 3.05) is 20.3 Å². The largest absolute Gasteiger partial charge is 0.508 e. The number of fused-ring (bicyclic) bond motifs is 1. The molecule has 0 radical (unpaired) electrons. The fourth-order valence-corrected chi connectivity index (χ4v) is 6.12. The van der Waals surface area contributed by atoms with Gasteiger partial charge in [0, 0.05) is 35.4 Å². The van der Waals surface area contributed by atoms with Gasteiger partial charge in [-0.2, -0.15) is 0 Å². The first-order chi connectivity index (χ1) is 26.7. The highest BCUT2D eigenvalue weighted by Gasteiger charge is 2.52. The predicted octanol–water partition coefficient (Wildman–Crippen LogP) is -0.442. The molecule has 56 heavy (non-hydrogen) atoms. The van der Waals surface area contributed by atoms with Crippen LogP contribution in [-0.2, 0) is 23.7 Å². The summed E-state index contributed by atoms with van der Waals surface area (Å²) in [6.45, 7) is -1.58. The van der Waals surface area contributed by atoms with Crippen LogP contribution in [0.1, 0.15) is 5.56 Å². The smallest absolute Gasteiger partial charge is 0.330 e. The van der Waals surface area contributed by atoms with E-state index in [0.717, 1.165) is 18.2 Å². The minimum atomic E-state index is -2.04. The van der Waals surface area contributed by atoms with E-state index in [9.17, 15) is 60.7 Å². The molecule has 300 valence electrons. The van der Waals surface area contributed by atoms with E-state index in [1.54, 1.807) is 0 Å². The van der Waals surface area contributed by atoms with Gasteiger partial charge in [0.15, 0.2) is 18.2 Å². The monoisotopic (exact) mass is 786 g/mol. The number of aromatic hydroxyl groups is 4. The third kappa shape index (κ3) is 8.21. The lowest BCUT2D eigenvalue weighted by atomic mass is 9.97. The normalized spacial score (nSPS) is 28.0. The summed E-state index contributed by atoms with van der Waals surface area (Å²) in [5, 5.41) is 104. The molecule has 6 rings (SSSR count). The van der Waals surface area contributed by atoms with E-state index in [2.05, 4.69) is 0 Å². The number of methoxy groups -OCH3 is 1. The summed E-state index contributed by atoms with van der Waals surface area (Å²) in [6.07, 6.45) is -16.3. The van der Waals surface area contributed by atoms with Crippen molar-refractivity contribution < 1.29 is 88.7 Å². The number of phenolic OH excluding ortho intramolecular Hbond substituents is 4. The second-order valence-corrected chi connectivity index (χ2v) is 12.8. The second kappa shape index (κ2) is 16.7. The number of carbonyl (C=O) groups excluding carboxylic acids is 1. The van der Waals surface area contributed by atoms with Crippen LogP contribution in [0.2, 0.25) is 0 Å². The van der Waals surface area contributed by atoms with E-state index in [4.69, 9.17) is 32.8 Å². The maximum Gasteiger partial charge on any atom is 0.330 e. The molecule has 3 heterocycles. The van der Waals surface area contributed by atoms with Gasteiger partial charge in [0.2, 0.25) is 17.5 Å². The van der Waals surface area contributed by atoms with Gasteiger partial charge >= 0.3 is 5.97 Å². The fourth-order valence-electron chi connectivity index (χ4n) is 6.12. The SMILES string of the molecule is COc1cc(O)ccc1C=CC(=O)OC[C@H]1O[C@@H](O[C@H]2[C@H](Oc3c(-c4ccc(O)cc4)oc4cc(O)cc(O)c4c3=O)O[C@H](CO)[C@H](O)[C@@H]2O)[C@H](O)[C@@H](O)[C@@H]1O. The van der Waals surface area contributed by atoms with Crippen LogP contribution in [0.5, 0.6) is 34.5 Å². The van der Waals surface area contributed by atoms with Crippen LogP contribution in [0.3, 0.4) is 0 Å². The molecule has 10 atom stereocenters. The Labute approximate surface area is 315 Å². The van der Waals surface area contributed by atoms with E-state index in [0.29, 0.717) is 5.56 Å². The zero-order valence-corrected chi connectivity index (χ0v) is 29.2. The van der Waals surface area contributed by atoms with Crippen LogP contribution >= 0.6 is 0 Å². The Morgan fingerprint density at radius 2 is 1.46 bits per heavy atom. The molecule has 0 saturated carbocycles. The number of aliphatic hydroxyl groups is 6. The molecule has 0 bridgehead atoms. The highest BCUT2D eigenvalue weighted by Crippen LogP contribution is 2.38. The summed E-state index contributed by atoms with van der Waals surface area (Å²) < 4.78 is 39.3. The van der Waals surface area contributed by atoms with E-state index in [-0.39, 0.29) is 34.2 Å². The predicted molar refractivity (Wildman–Crippen MR) is 188 cm³/mol. The highest BCUT2D eigenvalue weighted by atomic mass is 16.8. The number of rotatable bonds is 11. The Morgan fingerprint density at radius 3 is 2.16 bits per heavy atom. The van der Waals surface area contributed by atoms with Crippen LogP contribution in [0.4, 0.5) is 0 Å². The van der Waals surface area contributed by atoms with Crippen molar-refractivity contribution >= 4 is 23.0 Å². The van der Waals surface area contributed by atoms with E-state index < -0.39 is 109 Å². The lowest BCUT2D eigenvalue weighted by Gasteiger charge is -2.45. The van der Waals surface area contributed by atoms with Gasteiger partial charge in [-0.1, -0.05) is 0 Å². The molecule has 0 unspecified atom stereocenters. The number of esters is 1. The van der Waals surface area contributed by atoms with Crippen molar-refractivity contribution in [1.82, 2.24) is 0 Å². The minimum absolute atomic E-state index is 0.0733. The van der Waals surface area contributed by atoms with Gasteiger partial charge in [-0.15, -0.1) is 0 Å². The van der Waals surface area contributed by atoms with E-state index in [1.807, 2.05) is 0 Å². The van der Waals surface area contributed by atoms with Gasteiger partial charge in [0.05, 0.1) is 13.7 Å². The van der Waals surface area contributed by atoms with E-state index in [1.165, 1.54) is 55.7 Å². The molecule has 10 N–H and O–H groups in total. The maximum absolute atomic E-state index is 13.9. The minimum Gasteiger partial charge on any atom is -0.508 e. The summed E-state index contributed by atoms with van der Waals surface area (Å²) in [6, 6.07) is 11.3. The molecular formula is C37H38O19. The standard InChI is InChI=1S/C37H38O19/c1-50-21-11-18(40)8-2-15(21)5-9-25(43)51-14-24-28(45)30(47)32(49)36(54-24)56-35-31(48)27(44)23(13-38)53-37(35)55-34-29(46)26-20(42)10-19(41)12-22(26)52-33(34)16-3-6-17(39)7-4-16/h2-12,23-24,27-28,30-32,35-42,44-45,47-49H,13-14H2,1H3/t23-,24-,27+,28-,30+,31+,32-,35-,36+,37+/m1/s1. The van der Waals surface area contributed by atoms with Gasteiger partial charge in [0.1, 0.15) is 89.1 Å². The summed E-state index contributed by atoms with van der Waals surface area (Å²) in [5.74, 6) is -3.07. The Kier molecular flexibility index (Phi) is 12.0. The van der Waals surface area contributed by atoms with Crippen LogP contribution in [0.25, 0.3) is 28.4 Å². The first kappa shape index (κ1) is 40.2. The van der Waals surface area contributed by atoms with Crippen molar-refractivity contribution in [3.05, 3.63) is 76.5 Å². The zero-order chi connectivity index (χ0) is 40.4. The molecule has 0 amide bonds. The van der Waals surface area contributed by atoms with Gasteiger partial charge in [-0.05, 0) is 42.5 Å². The number of carbonyl (C=O) groups is 1.